The second-order valence-electron chi connectivity index (χ2n) is 4.30. The lowest BCUT2D eigenvalue weighted by Crippen LogP contribution is -1.99. The Balaban J connectivity index is 2.08. The molecule has 0 aromatic heterocycles. The van der Waals surface area contributed by atoms with Crippen LogP contribution >= 0.6 is 0 Å². The van der Waals surface area contributed by atoms with Crippen molar-refractivity contribution in [2.45, 2.75) is 6.92 Å². The summed E-state index contributed by atoms with van der Waals surface area (Å²) in [6, 6.07) is 15.1. The van der Waals surface area contributed by atoms with Crippen molar-refractivity contribution >= 4 is 17.1 Å². The molecular formula is C15H12N4O2. The highest BCUT2D eigenvalue weighted by Crippen LogP contribution is 2.15. The minimum atomic E-state index is -0.449. The molecule has 0 spiro atoms. The van der Waals surface area contributed by atoms with Gasteiger partial charge in [0.25, 0.3) is 5.69 Å². The summed E-state index contributed by atoms with van der Waals surface area (Å²) >= 11 is 0. The molecule has 0 aliphatic heterocycles. The number of nitrogens with one attached hydrogen (secondary N) is 1. The molecule has 2 aromatic rings. The number of rotatable bonds is 4. The highest BCUT2D eigenvalue weighted by atomic mass is 16.6. The quantitative estimate of drug-likeness (QED) is 0.528. The van der Waals surface area contributed by atoms with E-state index in [9.17, 15) is 10.1 Å². The standard InChI is InChI=1S/C15H12N4O2/c1-11(13-4-2-12(10-16)3-5-13)17-18-14-6-8-15(9-7-14)19(20)21/h2-9,18H,1H3/b17-11-. The summed E-state index contributed by atoms with van der Waals surface area (Å²) in [6.45, 7) is 1.83. The molecule has 0 saturated heterocycles. The van der Waals surface area contributed by atoms with Crippen molar-refractivity contribution in [1.29, 1.82) is 5.26 Å². The van der Waals surface area contributed by atoms with Gasteiger partial charge in [-0.25, -0.2) is 0 Å². The maximum atomic E-state index is 10.6. The predicted octanol–water partition coefficient (Wildman–Crippen LogP) is 3.30. The third-order valence-electron chi connectivity index (χ3n) is 2.86. The molecule has 1 N–H and O–H groups in total. The number of nitrogens with zero attached hydrogens (tertiary/aromatic N) is 3. The van der Waals surface area contributed by atoms with Gasteiger partial charge >= 0.3 is 0 Å². The highest BCUT2D eigenvalue weighted by molar-refractivity contribution is 5.99. The van der Waals surface area contributed by atoms with E-state index in [1.165, 1.54) is 12.1 Å². The molecule has 0 aliphatic carbocycles. The van der Waals surface area contributed by atoms with Gasteiger partial charge in [-0.15, -0.1) is 0 Å². The molecule has 21 heavy (non-hydrogen) atoms. The van der Waals surface area contributed by atoms with Gasteiger partial charge in [0, 0.05) is 12.1 Å². The van der Waals surface area contributed by atoms with E-state index in [-0.39, 0.29) is 5.69 Å². The highest BCUT2D eigenvalue weighted by Gasteiger charge is 2.03. The van der Waals surface area contributed by atoms with E-state index in [4.69, 9.17) is 5.26 Å². The number of nitriles is 1. The van der Waals surface area contributed by atoms with Crippen molar-refractivity contribution in [2.24, 2.45) is 5.10 Å². The molecule has 0 radical (unpaired) electrons. The van der Waals surface area contributed by atoms with Gasteiger partial charge in [0.1, 0.15) is 0 Å². The number of non-ortho nitro benzene ring substituents is 1. The third kappa shape index (κ3) is 3.64. The smallest absolute Gasteiger partial charge is 0.269 e. The van der Waals surface area contributed by atoms with Crippen LogP contribution in [0.5, 0.6) is 0 Å². The molecule has 0 fully saturated rings. The van der Waals surface area contributed by atoms with Crippen LogP contribution in [0, 0.1) is 21.4 Å². The molecule has 0 amide bonds. The Kier molecular flexibility index (Phi) is 4.26. The summed E-state index contributed by atoms with van der Waals surface area (Å²) < 4.78 is 0. The van der Waals surface area contributed by atoms with Crippen LogP contribution in [0.4, 0.5) is 11.4 Å². The van der Waals surface area contributed by atoms with Crippen LogP contribution in [0.1, 0.15) is 18.1 Å². The van der Waals surface area contributed by atoms with E-state index >= 15 is 0 Å². The maximum Gasteiger partial charge on any atom is 0.269 e. The monoisotopic (exact) mass is 280 g/mol. The molecule has 0 bridgehead atoms. The zero-order valence-electron chi connectivity index (χ0n) is 11.3. The fraction of sp³-hybridized carbons (Fsp3) is 0.0667. The van der Waals surface area contributed by atoms with Crippen LogP contribution in [0.2, 0.25) is 0 Å². The predicted molar refractivity (Wildman–Crippen MR) is 80.1 cm³/mol. The summed E-state index contributed by atoms with van der Waals surface area (Å²) in [5.74, 6) is 0. The summed E-state index contributed by atoms with van der Waals surface area (Å²) in [5, 5.41) is 23.5. The van der Waals surface area contributed by atoms with Gasteiger partial charge in [0.15, 0.2) is 0 Å². The number of benzene rings is 2. The van der Waals surface area contributed by atoms with Crippen LogP contribution in [-0.4, -0.2) is 10.6 Å². The van der Waals surface area contributed by atoms with Gasteiger partial charge in [-0.1, -0.05) is 12.1 Å². The van der Waals surface area contributed by atoms with Gasteiger partial charge in [-0.2, -0.15) is 10.4 Å². The van der Waals surface area contributed by atoms with Crippen LogP contribution in [-0.2, 0) is 0 Å². The minimum absolute atomic E-state index is 0.0355. The Hall–Kier alpha value is -3.20. The first kappa shape index (κ1) is 14.2. The van der Waals surface area contributed by atoms with E-state index in [0.29, 0.717) is 11.3 Å². The lowest BCUT2D eigenvalue weighted by Gasteiger charge is -2.03. The largest absolute Gasteiger partial charge is 0.278 e. The van der Waals surface area contributed by atoms with Crippen molar-refractivity contribution in [1.82, 2.24) is 0 Å². The number of nitro benzene ring substituents is 1. The summed E-state index contributed by atoms with van der Waals surface area (Å²) in [5.41, 5.74) is 5.77. The first-order valence-electron chi connectivity index (χ1n) is 6.15. The van der Waals surface area contributed by atoms with Crippen LogP contribution in [0.15, 0.2) is 53.6 Å². The Labute approximate surface area is 121 Å². The van der Waals surface area contributed by atoms with Crippen LogP contribution < -0.4 is 5.43 Å². The first-order chi connectivity index (χ1) is 10.1. The number of hydrazone groups is 1. The molecule has 0 saturated carbocycles. The molecular weight excluding hydrogens is 268 g/mol. The van der Waals surface area contributed by atoms with Gasteiger partial charge in [0.05, 0.1) is 28.0 Å². The second kappa shape index (κ2) is 6.30. The first-order valence-corrected chi connectivity index (χ1v) is 6.15. The molecule has 2 aromatic carbocycles. The van der Waals surface area contributed by atoms with Crippen molar-refractivity contribution in [3.63, 3.8) is 0 Å². The average Bonchev–Trinajstić information content (AvgIpc) is 2.53. The Morgan fingerprint density at radius 2 is 1.81 bits per heavy atom. The molecule has 0 heterocycles. The molecule has 6 nitrogen and oxygen atoms in total. The van der Waals surface area contributed by atoms with Crippen molar-refractivity contribution in [2.75, 3.05) is 5.43 Å². The Bertz CT molecular complexity index is 713. The van der Waals surface area contributed by atoms with Crippen molar-refractivity contribution < 1.29 is 4.92 Å². The zero-order valence-corrected chi connectivity index (χ0v) is 11.3. The van der Waals surface area contributed by atoms with Gasteiger partial charge in [0.2, 0.25) is 0 Å². The van der Waals surface area contributed by atoms with E-state index in [1.54, 1.807) is 24.3 Å². The van der Waals surface area contributed by atoms with Gasteiger partial charge in [-0.05, 0) is 36.8 Å². The van der Waals surface area contributed by atoms with Crippen molar-refractivity contribution in [3.05, 3.63) is 69.8 Å². The lowest BCUT2D eigenvalue weighted by molar-refractivity contribution is -0.384. The van der Waals surface area contributed by atoms with E-state index < -0.39 is 4.92 Å². The van der Waals surface area contributed by atoms with Crippen LogP contribution in [0.25, 0.3) is 0 Å². The topological polar surface area (TPSA) is 91.3 Å². The molecule has 6 heteroatoms. The lowest BCUT2D eigenvalue weighted by atomic mass is 10.1. The number of nitro groups is 1. The maximum absolute atomic E-state index is 10.6. The van der Waals surface area contributed by atoms with E-state index in [1.807, 2.05) is 19.1 Å². The Morgan fingerprint density at radius 1 is 1.19 bits per heavy atom. The fourth-order valence-electron chi connectivity index (χ4n) is 1.66. The number of hydrogen-bond donors (Lipinski definition) is 1. The van der Waals surface area contributed by atoms with Gasteiger partial charge in [-0.3, -0.25) is 15.5 Å². The van der Waals surface area contributed by atoms with Crippen molar-refractivity contribution in [3.8, 4) is 6.07 Å². The Morgan fingerprint density at radius 3 is 2.33 bits per heavy atom. The summed E-state index contributed by atoms with van der Waals surface area (Å²) in [7, 11) is 0. The zero-order chi connectivity index (χ0) is 15.2. The summed E-state index contributed by atoms with van der Waals surface area (Å²) in [6.07, 6.45) is 0. The number of anilines is 1. The molecule has 0 atom stereocenters. The van der Waals surface area contributed by atoms with E-state index in [0.717, 1.165) is 11.3 Å². The third-order valence-corrected chi connectivity index (χ3v) is 2.86. The molecule has 0 aliphatic rings. The molecule has 104 valence electrons. The normalized spacial score (nSPS) is 10.8. The SMILES string of the molecule is C/C(=N/Nc1ccc([N+](=O)[O-])cc1)c1ccc(C#N)cc1. The molecule has 0 unspecified atom stereocenters. The summed E-state index contributed by atoms with van der Waals surface area (Å²) in [4.78, 5) is 10.1. The number of hydrogen-bond acceptors (Lipinski definition) is 5. The minimum Gasteiger partial charge on any atom is -0.278 e. The van der Waals surface area contributed by atoms with Gasteiger partial charge < -0.3 is 0 Å². The fourth-order valence-corrected chi connectivity index (χ4v) is 1.66. The van der Waals surface area contributed by atoms with Crippen LogP contribution in [0.3, 0.4) is 0 Å². The molecule has 2 rings (SSSR count). The van der Waals surface area contributed by atoms with E-state index in [2.05, 4.69) is 16.6 Å². The average molecular weight is 280 g/mol. The second-order valence-corrected chi connectivity index (χ2v) is 4.30.